The highest BCUT2D eigenvalue weighted by molar-refractivity contribution is 7.89. The topological polar surface area (TPSA) is 127 Å². The molecule has 116 valence electrons. The van der Waals surface area contributed by atoms with Crippen LogP contribution in [0.25, 0.3) is 0 Å². The average Bonchev–Trinajstić information content (AvgIpc) is 2.42. The van der Waals surface area contributed by atoms with Crippen LogP contribution >= 0.6 is 0 Å². The number of nitrogen functional groups attached to an aromatic ring is 1. The lowest BCUT2D eigenvalue weighted by Crippen LogP contribution is -2.40. The molecule has 1 aromatic rings. The highest BCUT2D eigenvalue weighted by Gasteiger charge is 2.33. The van der Waals surface area contributed by atoms with Crippen molar-refractivity contribution in [3.63, 3.8) is 0 Å². The molecule has 1 aromatic carbocycles. The summed E-state index contributed by atoms with van der Waals surface area (Å²) < 4.78 is 27.2. The van der Waals surface area contributed by atoms with Crippen molar-refractivity contribution in [3.05, 3.63) is 28.3 Å². The van der Waals surface area contributed by atoms with Crippen molar-refractivity contribution < 1.29 is 13.3 Å². The standard InChI is InChI=1S/C12H18N4O4S/c1-12(5-2-6-12)8-14-21(19,20)11-7-9(16(17)18)3-4-10(11)15-13/h3-4,7,14-15H,2,5-6,8,13H2,1H3. The third kappa shape index (κ3) is 3.31. The zero-order chi connectivity index (χ0) is 15.7. The third-order valence-corrected chi connectivity index (χ3v) is 5.31. The first-order valence-corrected chi connectivity index (χ1v) is 8.00. The van der Waals surface area contributed by atoms with Gasteiger partial charge in [0, 0.05) is 18.7 Å². The van der Waals surface area contributed by atoms with Crippen LogP contribution < -0.4 is 16.0 Å². The van der Waals surface area contributed by atoms with Crippen LogP contribution in [0.4, 0.5) is 11.4 Å². The first-order valence-electron chi connectivity index (χ1n) is 6.52. The van der Waals surface area contributed by atoms with Crippen LogP contribution in [0.3, 0.4) is 0 Å². The number of hydrazine groups is 1. The summed E-state index contributed by atoms with van der Waals surface area (Å²) in [5.74, 6) is 5.28. The number of rotatable bonds is 6. The SMILES string of the molecule is CC1(CNS(=O)(=O)c2cc([N+](=O)[O-])ccc2NN)CCC1. The zero-order valence-corrected chi connectivity index (χ0v) is 12.4. The predicted molar refractivity (Wildman–Crippen MR) is 78.1 cm³/mol. The van der Waals surface area contributed by atoms with Gasteiger partial charge in [-0.25, -0.2) is 13.1 Å². The second-order valence-electron chi connectivity index (χ2n) is 5.57. The van der Waals surface area contributed by atoms with Gasteiger partial charge in [-0.2, -0.15) is 0 Å². The fraction of sp³-hybridized carbons (Fsp3) is 0.500. The lowest BCUT2D eigenvalue weighted by molar-refractivity contribution is -0.385. The Bertz CT molecular complexity index is 655. The molecule has 0 saturated heterocycles. The number of hydrogen-bond acceptors (Lipinski definition) is 6. The molecule has 1 saturated carbocycles. The number of nitrogens with one attached hydrogen (secondary N) is 2. The lowest BCUT2D eigenvalue weighted by atomic mass is 9.71. The number of nitro groups is 1. The Labute approximate surface area is 122 Å². The maximum absolute atomic E-state index is 12.3. The Balaban J connectivity index is 2.29. The number of nitrogens with zero attached hydrogens (tertiary/aromatic N) is 1. The van der Waals surface area contributed by atoms with Crippen molar-refractivity contribution in [1.29, 1.82) is 0 Å². The van der Waals surface area contributed by atoms with Gasteiger partial charge in [-0.05, 0) is 24.3 Å². The summed E-state index contributed by atoms with van der Waals surface area (Å²) >= 11 is 0. The van der Waals surface area contributed by atoms with Crippen LogP contribution in [0.1, 0.15) is 26.2 Å². The van der Waals surface area contributed by atoms with Crippen molar-refractivity contribution >= 4 is 21.4 Å². The van der Waals surface area contributed by atoms with Crippen LogP contribution in [0.2, 0.25) is 0 Å². The molecule has 0 unspecified atom stereocenters. The van der Waals surface area contributed by atoms with Crippen molar-refractivity contribution in [2.24, 2.45) is 11.3 Å². The first-order chi connectivity index (χ1) is 9.77. The highest BCUT2D eigenvalue weighted by Crippen LogP contribution is 2.39. The van der Waals surface area contributed by atoms with Gasteiger partial charge in [-0.1, -0.05) is 13.3 Å². The monoisotopic (exact) mass is 314 g/mol. The molecule has 0 aliphatic heterocycles. The van der Waals surface area contributed by atoms with E-state index in [0.29, 0.717) is 6.54 Å². The molecular formula is C12H18N4O4S. The summed E-state index contributed by atoms with van der Waals surface area (Å²) in [6.45, 7) is 2.32. The molecule has 0 aromatic heterocycles. The molecule has 0 heterocycles. The van der Waals surface area contributed by atoms with E-state index in [9.17, 15) is 18.5 Å². The molecule has 8 nitrogen and oxygen atoms in total. The average molecular weight is 314 g/mol. The Morgan fingerprint density at radius 1 is 1.43 bits per heavy atom. The molecule has 9 heteroatoms. The first kappa shape index (κ1) is 15.7. The number of non-ortho nitro benzene ring substituents is 1. The molecule has 1 fully saturated rings. The molecule has 1 aliphatic rings. The second kappa shape index (κ2) is 5.58. The molecule has 1 aliphatic carbocycles. The van der Waals surface area contributed by atoms with Crippen molar-refractivity contribution in [1.82, 2.24) is 4.72 Å². The van der Waals surface area contributed by atoms with Crippen molar-refractivity contribution in [3.8, 4) is 0 Å². The molecular weight excluding hydrogens is 296 g/mol. The van der Waals surface area contributed by atoms with Crippen LogP contribution in [0, 0.1) is 15.5 Å². The third-order valence-electron chi connectivity index (χ3n) is 3.87. The van der Waals surface area contributed by atoms with E-state index in [0.717, 1.165) is 25.3 Å². The zero-order valence-electron chi connectivity index (χ0n) is 11.6. The molecule has 0 atom stereocenters. The van der Waals surface area contributed by atoms with E-state index in [-0.39, 0.29) is 21.7 Å². The Morgan fingerprint density at radius 2 is 2.10 bits per heavy atom. The Hall–Kier alpha value is -1.71. The van der Waals surface area contributed by atoms with Crippen molar-refractivity contribution in [2.45, 2.75) is 31.1 Å². The molecule has 0 radical (unpaired) electrons. The van der Waals surface area contributed by atoms with E-state index in [1.54, 1.807) is 0 Å². The summed E-state index contributed by atoms with van der Waals surface area (Å²) in [6.07, 6.45) is 3.02. The van der Waals surface area contributed by atoms with Crippen LogP contribution in [0.5, 0.6) is 0 Å². The molecule has 4 N–H and O–H groups in total. The lowest BCUT2D eigenvalue weighted by Gasteiger charge is -2.38. The second-order valence-corrected chi connectivity index (χ2v) is 7.31. The van der Waals surface area contributed by atoms with Gasteiger partial charge in [0.15, 0.2) is 0 Å². The van der Waals surface area contributed by atoms with Gasteiger partial charge in [0.2, 0.25) is 10.0 Å². The number of nitro benzene ring substituents is 1. The van der Waals surface area contributed by atoms with Gasteiger partial charge >= 0.3 is 0 Å². The van der Waals surface area contributed by atoms with Gasteiger partial charge in [0.1, 0.15) is 4.90 Å². The summed E-state index contributed by atoms with van der Waals surface area (Å²) in [5.41, 5.74) is 2.03. The summed E-state index contributed by atoms with van der Waals surface area (Å²) in [4.78, 5) is 9.92. The fourth-order valence-corrected chi connectivity index (χ4v) is 3.66. The highest BCUT2D eigenvalue weighted by atomic mass is 32.2. The van der Waals surface area contributed by atoms with Gasteiger partial charge in [0.05, 0.1) is 10.6 Å². The Kier molecular flexibility index (Phi) is 4.17. The molecule has 0 bridgehead atoms. The van der Waals surface area contributed by atoms with Gasteiger partial charge in [-0.15, -0.1) is 0 Å². The normalized spacial score (nSPS) is 17.0. The Morgan fingerprint density at radius 3 is 2.57 bits per heavy atom. The minimum Gasteiger partial charge on any atom is -0.323 e. The summed E-state index contributed by atoms with van der Waals surface area (Å²) in [5, 5.41) is 10.8. The summed E-state index contributed by atoms with van der Waals surface area (Å²) in [7, 11) is -3.87. The predicted octanol–water partition coefficient (Wildman–Crippen LogP) is 1.35. The summed E-state index contributed by atoms with van der Waals surface area (Å²) in [6, 6.07) is 3.47. The number of anilines is 1. The van der Waals surface area contributed by atoms with Gasteiger partial charge in [0.25, 0.3) is 5.69 Å². The minimum atomic E-state index is -3.87. The smallest absolute Gasteiger partial charge is 0.270 e. The maximum atomic E-state index is 12.3. The maximum Gasteiger partial charge on any atom is 0.270 e. The molecule has 21 heavy (non-hydrogen) atoms. The van der Waals surface area contributed by atoms with E-state index < -0.39 is 14.9 Å². The van der Waals surface area contributed by atoms with Gasteiger partial charge in [-0.3, -0.25) is 16.0 Å². The largest absolute Gasteiger partial charge is 0.323 e. The number of sulfonamides is 1. The molecule has 0 spiro atoms. The number of nitrogens with two attached hydrogens (primary N) is 1. The molecule has 2 rings (SSSR count). The van der Waals surface area contributed by atoms with Crippen LogP contribution in [-0.4, -0.2) is 19.9 Å². The fourth-order valence-electron chi connectivity index (χ4n) is 2.27. The number of hydrogen-bond donors (Lipinski definition) is 3. The van der Waals surface area contributed by atoms with E-state index in [1.165, 1.54) is 12.1 Å². The van der Waals surface area contributed by atoms with Crippen molar-refractivity contribution in [2.75, 3.05) is 12.0 Å². The van der Waals surface area contributed by atoms with E-state index in [2.05, 4.69) is 10.1 Å². The minimum absolute atomic E-state index is 0.0376. The van der Waals surface area contributed by atoms with E-state index in [4.69, 9.17) is 5.84 Å². The molecule has 0 amide bonds. The van der Waals surface area contributed by atoms with Crippen LogP contribution in [0.15, 0.2) is 23.1 Å². The van der Waals surface area contributed by atoms with Crippen LogP contribution in [-0.2, 0) is 10.0 Å². The van der Waals surface area contributed by atoms with E-state index >= 15 is 0 Å². The van der Waals surface area contributed by atoms with E-state index in [1.807, 2.05) is 6.92 Å². The quantitative estimate of drug-likeness (QED) is 0.413. The number of benzene rings is 1. The van der Waals surface area contributed by atoms with Gasteiger partial charge < -0.3 is 5.43 Å².